The molecule has 0 saturated carbocycles. The number of rotatable bonds is 6. The lowest BCUT2D eigenvalue weighted by Gasteiger charge is -2.26. The molecule has 4 nitrogen and oxygen atoms in total. The summed E-state index contributed by atoms with van der Waals surface area (Å²) in [7, 11) is 2.01. The molecule has 0 radical (unpaired) electrons. The van der Waals surface area contributed by atoms with Crippen LogP contribution in [0.15, 0.2) is 42.5 Å². The third-order valence-corrected chi connectivity index (χ3v) is 5.38. The predicted molar refractivity (Wildman–Crippen MR) is 105 cm³/mol. The van der Waals surface area contributed by atoms with Crippen molar-refractivity contribution in [2.45, 2.75) is 19.4 Å². The van der Waals surface area contributed by atoms with Gasteiger partial charge in [-0.05, 0) is 62.2 Å². The van der Waals surface area contributed by atoms with Crippen LogP contribution in [-0.2, 0) is 4.79 Å². The first-order valence-corrected chi connectivity index (χ1v) is 9.44. The van der Waals surface area contributed by atoms with Crippen molar-refractivity contribution >= 4 is 17.5 Å². The van der Waals surface area contributed by atoms with Crippen LogP contribution in [0.4, 0.5) is 4.39 Å². The highest BCUT2D eigenvalue weighted by molar-refractivity contribution is 6.30. The number of carbonyl (C=O) groups excluding carboxylic acids is 1. The molecule has 1 saturated heterocycles. The number of nitrogens with one attached hydrogen (secondary N) is 1. The van der Waals surface area contributed by atoms with Crippen LogP contribution in [0, 0.1) is 18.7 Å². The molecule has 3 rings (SSSR count). The Morgan fingerprint density at radius 2 is 2.11 bits per heavy atom. The van der Waals surface area contributed by atoms with Crippen molar-refractivity contribution in [2.75, 3.05) is 26.7 Å². The quantitative estimate of drug-likeness (QED) is 0.811. The maximum Gasteiger partial charge on any atom is 0.257 e. The summed E-state index contributed by atoms with van der Waals surface area (Å²) in [4.78, 5) is 14.4. The fourth-order valence-corrected chi connectivity index (χ4v) is 3.74. The predicted octanol–water partition coefficient (Wildman–Crippen LogP) is 3.98. The van der Waals surface area contributed by atoms with E-state index in [0.29, 0.717) is 12.3 Å². The van der Waals surface area contributed by atoms with Crippen LogP contribution >= 0.6 is 11.6 Å². The molecular formula is C21H24ClFN2O2. The molecule has 1 N–H and O–H groups in total. The second kappa shape index (κ2) is 8.72. The second-order valence-electron chi connectivity index (χ2n) is 7.01. The van der Waals surface area contributed by atoms with Crippen LogP contribution in [0.2, 0.25) is 5.02 Å². The Morgan fingerprint density at radius 1 is 1.33 bits per heavy atom. The Labute approximate surface area is 164 Å². The van der Waals surface area contributed by atoms with Crippen molar-refractivity contribution in [1.82, 2.24) is 10.2 Å². The van der Waals surface area contributed by atoms with Gasteiger partial charge in [0.25, 0.3) is 5.91 Å². The summed E-state index contributed by atoms with van der Waals surface area (Å²) in [6, 6.07) is 12.6. The number of nitrogens with zero attached hydrogens (tertiary/aromatic N) is 1. The van der Waals surface area contributed by atoms with E-state index in [1.807, 2.05) is 44.3 Å². The molecule has 0 bridgehead atoms. The van der Waals surface area contributed by atoms with Crippen LogP contribution in [0.5, 0.6) is 5.75 Å². The van der Waals surface area contributed by atoms with Gasteiger partial charge in [-0.2, -0.15) is 0 Å². The van der Waals surface area contributed by atoms with Crippen LogP contribution in [0.1, 0.15) is 23.6 Å². The zero-order valence-corrected chi connectivity index (χ0v) is 16.3. The van der Waals surface area contributed by atoms with Gasteiger partial charge in [-0.15, -0.1) is 0 Å². The second-order valence-corrected chi connectivity index (χ2v) is 7.41. The average Bonchev–Trinajstić information content (AvgIpc) is 3.02. The number of benzene rings is 2. The molecule has 27 heavy (non-hydrogen) atoms. The molecule has 0 aromatic heterocycles. The van der Waals surface area contributed by atoms with E-state index in [-0.39, 0.29) is 29.5 Å². The molecule has 6 heteroatoms. The van der Waals surface area contributed by atoms with Gasteiger partial charge in [-0.25, -0.2) is 4.39 Å². The first-order valence-electron chi connectivity index (χ1n) is 9.06. The van der Waals surface area contributed by atoms with Crippen molar-refractivity contribution in [1.29, 1.82) is 0 Å². The number of amides is 1. The van der Waals surface area contributed by atoms with Crippen molar-refractivity contribution in [2.24, 2.45) is 5.92 Å². The largest absolute Gasteiger partial charge is 0.484 e. The maximum absolute atomic E-state index is 13.9. The van der Waals surface area contributed by atoms with Crippen molar-refractivity contribution in [3.63, 3.8) is 0 Å². The molecule has 0 unspecified atom stereocenters. The van der Waals surface area contributed by atoms with E-state index >= 15 is 0 Å². The van der Waals surface area contributed by atoms with Gasteiger partial charge in [0, 0.05) is 12.6 Å². The zero-order chi connectivity index (χ0) is 19.4. The highest BCUT2D eigenvalue weighted by Gasteiger charge is 2.33. The van der Waals surface area contributed by atoms with E-state index in [0.717, 1.165) is 24.1 Å². The highest BCUT2D eigenvalue weighted by atomic mass is 35.5. The first kappa shape index (κ1) is 19.6. The Balaban J connectivity index is 1.56. The summed E-state index contributed by atoms with van der Waals surface area (Å²) in [6.07, 6.45) is 0.935. The minimum atomic E-state index is -0.413. The average molecular weight is 391 g/mol. The highest BCUT2D eigenvalue weighted by Crippen LogP contribution is 2.36. The number of likely N-dealkylation sites (tertiary alicyclic amines) is 1. The molecule has 1 aliphatic rings. The number of ether oxygens (including phenoxy) is 1. The first-order chi connectivity index (χ1) is 13.0. The lowest BCUT2D eigenvalue weighted by molar-refractivity contribution is -0.123. The summed E-state index contributed by atoms with van der Waals surface area (Å²) in [5.74, 6) is 0.346. The van der Waals surface area contributed by atoms with E-state index in [2.05, 4.69) is 10.2 Å². The molecule has 0 aliphatic carbocycles. The maximum atomic E-state index is 13.9. The standard InChI is InChI=1S/C21H24ClFN2O2/c1-14-5-3-4-6-19(14)27-13-20(26)24-12-16-9-10-25(2)21(16)15-7-8-17(22)18(23)11-15/h3-8,11,16,21H,9-10,12-13H2,1-2H3,(H,24,26)/t16-,21-/m0/s1. The van der Waals surface area contributed by atoms with Crippen LogP contribution in [-0.4, -0.2) is 37.6 Å². The molecule has 2 aromatic rings. The molecule has 2 aromatic carbocycles. The fraction of sp³-hybridized carbons (Fsp3) is 0.381. The van der Waals surface area contributed by atoms with Crippen LogP contribution in [0.3, 0.4) is 0 Å². The number of hydrogen-bond donors (Lipinski definition) is 1. The fourth-order valence-electron chi connectivity index (χ4n) is 3.62. The smallest absolute Gasteiger partial charge is 0.257 e. The van der Waals surface area contributed by atoms with E-state index < -0.39 is 5.82 Å². The molecule has 1 fully saturated rings. The molecule has 1 aliphatic heterocycles. The molecular weight excluding hydrogens is 367 g/mol. The number of hydrogen-bond acceptors (Lipinski definition) is 3. The number of aryl methyl sites for hydroxylation is 1. The van der Waals surface area contributed by atoms with Crippen molar-refractivity contribution in [3.8, 4) is 5.75 Å². The number of para-hydroxylation sites is 1. The normalized spacial score (nSPS) is 19.9. The minimum Gasteiger partial charge on any atom is -0.484 e. The minimum absolute atomic E-state index is 0.0202. The van der Waals surface area contributed by atoms with E-state index in [1.54, 1.807) is 6.07 Å². The lowest BCUT2D eigenvalue weighted by atomic mass is 9.93. The van der Waals surface area contributed by atoms with Crippen molar-refractivity contribution < 1.29 is 13.9 Å². The van der Waals surface area contributed by atoms with Crippen molar-refractivity contribution in [3.05, 3.63) is 64.4 Å². The Morgan fingerprint density at radius 3 is 2.85 bits per heavy atom. The van der Waals surface area contributed by atoms with Crippen LogP contribution < -0.4 is 10.1 Å². The number of carbonyl (C=O) groups is 1. The van der Waals surface area contributed by atoms with Gasteiger partial charge in [0.15, 0.2) is 6.61 Å². The zero-order valence-electron chi connectivity index (χ0n) is 15.5. The van der Waals surface area contributed by atoms with Gasteiger partial charge >= 0.3 is 0 Å². The van der Waals surface area contributed by atoms with Gasteiger partial charge in [0.2, 0.25) is 0 Å². The van der Waals surface area contributed by atoms with Gasteiger partial charge in [0.05, 0.1) is 5.02 Å². The summed E-state index contributed by atoms with van der Waals surface area (Å²) in [6.45, 7) is 3.34. The summed E-state index contributed by atoms with van der Waals surface area (Å²) < 4.78 is 19.4. The van der Waals surface area contributed by atoms with Gasteiger partial charge in [-0.3, -0.25) is 9.69 Å². The summed E-state index contributed by atoms with van der Waals surface area (Å²) in [5.41, 5.74) is 1.87. The summed E-state index contributed by atoms with van der Waals surface area (Å²) >= 11 is 5.80. The third-order valence-electron chi connectivity index (χ3n) is 5.07. The molecule has 2 atom stereocenters. The Bertz CT molecular complexity index is 815. The lowest BCUT2D eigenvalue weighted by Crippen LogP contribution is -2.35. The van der Waals surface area contributed by atoms with E-state index in [9.17, 15) is 9.18 Å². The van der Waals surface area contributed by atoms with Gasteiger partial charge < -0.3 is 10.1 Å². The molecule has 144 valence electrons. The SMILES string of the molecule is Cc1ccccc1OCC(=O)NC[C@@H]1CCN(C)[C@H]1c1ccc(Cl)c(F)c1. The molecule has 1 heterocycles. The number of halogens is 2. The Hall–Kier alpha value is -2.11. The summed E-state index contributed by atoms with van der Waals surface area (Å²) in [5, 5.41) is 3.07. The topological polar surface area (TPSA) is 41.6 Å². The molecule has 0 spiro atoms. The monoisotopic (exact) mass is 390 g/mol. The third kappa shape index (κ3) is 4.79. The molecule has 1 amide bonds. The van der Waals surface area contributed by atoms with E-state index in [4.69, 9.17) is 16.3 Å². The van der Waals surface area contributed by atoms with E-state index in [1.165, 1.54) is 6.07 Å². The Kier molecular flexibility index (Phi) is 6.34. The van der Waals surface area contributed by atoms with Gasteiger partial charge in [0.1, 0.15) is 11.6 Å². The van der Waals surface area contributed by atoms with Crippen LogP contribution in [0.25, 0.3) is 0 Å². The van der Waals surface area contributed by atoms with Gasteiger partial charge in [-0.1, -0.05) is 35.9 Å².